The summed E-state index contributed by atoms with van der Waals surface area (Å²) in [5, 5.41) is 14.8. The van der Waals surface area contributed by atoms with Crippen molar-refractivity contribution in [1.82, 2.24) is 66.4 Å². The normalized spacial score (nSPS) is 11.5. The van der Waals surface area contributed by atoms with Crippen LogP contribution in [0.25, 0.3) is 221 Å². The van der Waals surface area contributed by atoms with Crippen molar-refractivity contribution in [3.63, 3.8) is 0 Å². The molecular formula is C122H82N14. The molecule has 15 aromatic carbocycles. The molecule has 0 unspecified atom stereocenters. The first-order chi connectivity index (χ1) is 67.5. The number of hydrogen-bond acceptors (Lipinski definition) is 6. The monoisotopic (exact) mass is 1740 g/mol. The number of fused-ring (bicyclic) bond motifs is 20. The number of aromatic nitrogens is 14. The van der Waals surface area contributed by atoms with Crippen LogP contribution in [0.5, 0.6) is 0 Å². The molecule has 0 radical (unpaired) electrons. The summed E-state index contributed by atoms with van der Waals surface area (Å²) in [6, 6.07) is 152. The highest BCUT2D eigenvalue weighted by molar-refractivity contribution is 6.22. The number of para-hydroxylation sites is 8. The summed E-state index contributed by atoms with van der Waals surface area (Å²) in [6.45, 7) is 0. The zero-order valence-corrected chi connectivity index (χ0v) is 73.6. The van der Waals surface area contributed by atoms with E-state index in [1.807, 2.05) is 85.5 Å². The fraction of sp³-hybridized carbons (Fsp3) is 0. The predicted octanol–water partition coefficient (Wildman–Crippen LogP) is 29.9. The van der Waals surface area contributed by atoms with Crippen molar-refractivity contribution in [3.05, 3.63) is 499 Å². The zero-order valence-electron chi connectivity index (χ0n) is 73.6. The van der Waals surface area contributed by atoms with Crippen molar-refractivity contribution in [2.24, 2.45) is 0 Å². The lowest BCUT2D eigenvalue weighted by atomic mass is 10.1. The van der Waals surface area contributed by atoms with Gasteiger partial charge in [-0.1, -0.05) is 237 Å². The summed E-state index contributed by atoms with van der Waals surface area (Å²) in [5.74, 6) is 2.39. The highest BCUT2D eigenvalue weighted by Gasteiger charge is 2.24. The van der Waals surface area contributed by atoms with Crippen LogP contribution in [0.15, 0.2) is 499 Å². The molecule has 0 aliphatic rings. The summed E-state index contributed by atoms with van der Waals surface area (Å²) in [4.78, 5) is 27.3. The quantitative estimate of drug-likeness (QED) is 0.120. The van der Waals surface area contributed by atoms with E-state index in [2.05, 4.69) is 451 Å². The first kappa shape index (κ1) is 79.5. The van der Waals surface area contributed by atoms with E-state index in [0.717, 1.165) is 78.7 Å². The minimum absolute atomic E-state index is 0.658. The van der Waals surface area contributed by atoms with E-state index < -0.39 is 0 Å². The molecule has 640 valence electrons. The molecule has 14 nitrogen and oxygen atoms in total. The molecule has 0 saturated heterocycles. The average Bonchev–Trinajstić information content (AvgIpc) is 1.57. The van der Waals surface area contributed by atoms with Crippen molar-refractivity contribution in [1.29, 1.82) is 0 Å². The molecule has 0 saturated carbocycles. The lowest BCUT2D eigenvalue weighted by Crippen LogP contribution is -2.00. The Hall–Kier alpha value is -18.7. The van der Waals surface area contributed by atoms with Crippen molar-refractivity contribution < 1.29 is 0 Å². The van der Waals surface area contributed by atoms with Gasteiger partial charge >= 0.3 is 0 Å². The van der Waals surface area contributed by atoms with Crippen molar-refractivity contribution in [2.45, 2.75) is 0 Å². The number of rotatable bonds is 12. The van der Waals surface area contributed by atoms with E-state index in [1.165, 1.54) is 137 Å². The zero-order chi connectivity index (χ0) is 89.9. The topological polar surface area (TPSA) is 117 Å². The van der Waals surface area contributed by atoms with Gasteiger partial charge in [-0.2, -0.15) is 0 Å². The van der Waals surface area contributed by atoms with Crippen LogP contribution in [0.2, 0.25) is 0 Å². The highest BCUT2D eigenvalue weighted by Crippen LogP contribution is 2.44. The average molecular weight is 1740 g/mol. The molecule has 0 amide bonds. The summed E-state index contributed by atoms with van der Waals surface area (Å²) < 4.78 is 18.4. The Bertz CT molecular complexity index is 8760. The fourth-order valence-corrected chi connectivity index (χ4v) is 20.1. The number of benzene rings is 15. The van der Waals surface area contributed by atoms with E-state index in [-0.39, 0.29) is 0 Å². The van der Waals surface area contributed by atoms with Crippen LogP contribution in [0.3, 0.4) is 0 Å². The van der Waals surface area contributed by atoms with Gasteiger partial charge in [-0.25, -0.2) is 15.0 Å². The predicted molar refractivity (Wildman–Crippen MR) is 559 cm³/mol. The molecule has 136 heavy (non-hydrogen) atoms. The van der Waals surface area contributed by atoms with Gasteiger partial charge < -0.3 is 27.4 Å². The standard InChI is InChI=1S/C32H22N2.C31H21N3.C30H20N4.C29H19N5/c1-3-9-23(10-4-1)24-15-17-26(18-16-24)34-31-14-8-7-13-27(31)28-19-20-30-29(32(28)34)21-22-33(30)25-11-5-2-6-12-25;1-2-8-23(9-3-1)33-21-19-27-29(33)18-17-26-25-10-4-5-12-30(25)34(31(26)27)24-15-13-22(14-16-24)28-11-6-7-20-32-28;1-2-8-23(9-3-1)33-18-15-26-27(33)13-12-25-24-10-4-5-11-28(24)34(30(25)26)29-19-21(14-17-32-29)22-7-6-16-31-20-22;1-2-8-21(9-3-1)33-18-15-24-25(33)13-12-23-22-10-4-5-11-26(22)34(28(23)24)27-14-17-31-29(32-27)20-7-6-16-30-19-20/h1-22H;1-21H;1-20H;1-19H. The van der Waals surface area contributed by atoms with Gasteiger partial charge in [0.1, 0.15) is 11.6 Å². The molecule has 13 aromatic heterocycles. The van der Waals surface area contributed by atoms with Crippen molar-refractivity contribution in [2.75, 3.05) is 0 Å². The molecule has 14 heteroatoms. The fourth-order valence-electron chi connectivity index (χ4n) is 20.1. The van der Waals surface area contributed by atoms with Gasteiger partial charge in [0.15, 0.2) is 5.82 Å². The minimum Gasteiger partial charge on any atom is -0.316 e. The van der Waals surface area contributed by atoms with Gasteiger partial charge in [0, 0.05) is 184 Å². The first-order valence-corrected chi connectivity index (χ1v) is 45.7. The molecule has 28 aromatic rings. The number of pyridine rings is 4. The summed E-state index contributed by atoms with van der Waals surface area (Å²) in [7, 11) is 0. The number of hydrogen-bond donors (Lipinski definition) is 0. The third kappa shape index (κ3) is 13.9. The van der Waals surface area contributed by atoms with Gasteiger partial charge in [-0.3, -0.25) is 24.1 Å². The third-order valence-electron chi connectivity index (χ3n) is 26.2. The lowest BCUT2D eigenvalue weighted by Gasteiger charge is -2.11. The summed E-state index contributed by atoms with van der Waals surface area (Å²) in [6.07, 6.45) is 21.4. The summed E-state index contributed by atoms with van der Waals surface area (Å²) >= 11 is 0. The van der Waals surface area contributed by atoms with E-state index >= 15 is 0 Å². The molecule has 0 aliphatic carbocycles. The maximum Gasteiger partial charge on any atom is 0.163 e. The van der Waals surface area contributed by atoms with Crippen LogP contribution < -0.4 is 0 Å². The number of nitrogens with zero attached hydrogens (tertiary/aromatic N) is 14. The van der Waals surface area contributed by atoms with Crippen LogP contribution in [0, 0.1) is 0 Å². The van der Waals surface area contributed by atoms with E-state index in [0.29, 0.717) is 5.82 Å². The van der Waals surface area contributed by atoms with Crippen molar-refractivity contribution >= 4 is 131 Å². The third-order valence-corrected chi connectivity index (χ3v) is 26.2. The van der Waals surface area contributed by atoms with Crippen LogP contribution in [0.4, 0.5) is 0 Å². The SMILES string of the molecule is c1ccc(-c2ccc(-n3c4ccccc4c4ccc5c(ccn5-c5ccccc5)c43)cc2)cc1.c1ccc(-n2ccc3c2ccc2c4ccccc4n(-c4cc(-c5cccnc5)ccn4)c23)cc1.c1ccc(-n2ccc3c2ccc2c4ccccc4n(-c4ccc(-c5ccccn5)cc4)c23)cc1.c1ccc(-n2ccc3c2ccc2c4ccccc4n(-c4ccnc(-c5cccnc5)n4)c23)cc1. The molecule has 0 fully saturated rings. The summed E-state index contributed by atoms with van der Waals surface area (Å²) in [5.41, 5.74) is 28.8. The van der Waals surface area contributed by atoms with Gasteiger partial charge in [-0.05, 0) is 211 Å². The Morgan fingerprint density at radius 2 is 0.515 bits per heavy atom. The molecule has 0 bridgehead atoms. The molecule has 13 heterocycles. The lowest BCUT2D eigenvalue weighted by molar-refractivity contribution is 1.04. The Kier molecular flexibility index (Phi) is 19.9. The van der Waals surface area contributed by atoms with E-state index in [9.17, 15) is 0 Å². The smallest absolute Gasteiger partial charge is 0.163 e. The molecule has 0 N–H and O–H groups in total. The Morgan fingerprint density at radius 3 is 0.919 bits per heavy atom. The molecule has 0 aliphatic heterocycles. The van der Waals surface area contributed by atoms with Gasteiger partial charge in [-0.15, -0.1) is 0 Å². The first-order valence-electron chi connectivity index (χ1n) is 45.7. The Balaban J connectivity index is 0.0000000965. The Morgan fingerprint density at radius 1 is 0.169 bits per heavy atom. The molecule has 0 spiro atoms. The highest BCUT2D eigenvalue weighted by atomic mass is 15.1. The largest absolute Gasteiger partial charge is 0.316 e. The van der Waals surface area contributed by atoms with Crippen LogP contribution in [-0.4, -0.2) is 66.4 Å². The van der Waals surface area contributed by atoms with E-state index in [4.69, 9.17) is 9.97 Å². The van der Waals surface area contributed by atoms with Crippen LogP contribution >= 0.6 is 0 Å². The second kappa shape index (κ2) is 34.0. The van der Waals surface area contributed by atoms with Crippen molar-refractivity contribution in [3.8, 4) is 90.7 Å². The van der Waals surface area contributed by atoms with Gasteiger partial charge in [0.05, 0.1) is 71.9 Å². The van der Waals surface area contributed by atoms with E-state index in [1.54, 1.807) is 18.6 Å². The second-order valence-corrected chi connectivity index (χ2v) is 33.9. The van der Waals surface area contributed by atoms with Crippen LogP contribution in [0.1, 0.15) is 0 Å². The minimum atomic E-state index is 0.658. The van der Waals surface area contributed by atoms with Gasteiger partial charge in [0.25, 0.3) is 0 Å². The van der Waals surface area contributed by atoms with Crippen LogP contribution in [-0.2, 0) is 0 Å². The maximum absolute atomic E-state index is 4.96. The van der Waals surface area contributed by atoms with Gasteiger partial charge in [0.2, 0.25) is 0 Å². The molecular weight excluding hydrogens is 1660 g/mol. The molecule has 0 atom stereocenters. The molecule has 28 rings (SSSR count). The second-order valence-electron chi connectivity index (χ2n) is 33.9. The Labute approximate surface area is 781 Å². The maximum atomic E-state index is 4.96.